The minimum Gasteiger partial charge on any atom is -0.480 e. The summed E-state index contributed by atoms with van der Waals surface area (Å²) < 4.78 is 0. The van der Waals surface area contributed by atoms with Gasteiger partial charge in [-0.2, -0.15) is 0 Å². The lowest BCUT2D eigenvalue weighted by Gasteiger charge is -2.22. The van der Waals surface area contributed by atoms with E-state index in [-0.39, 0.29) is 6.42 Å². The highest BCUT2D eigenvalue weighted by atomic mass is 16.4. The predicted molar refractivity (Wildman–Crippen MR) is 98.5 cm³/mol. The Morgan fingerprint density at radius 2 is 1.82 bits per heavy atom. The number of unbranched alkanes of at least 4 members (excludes halogenated alkanes) is 1. The zero-order valence-corrected chi connectivity index (χ0v) is 15.4. The van der Waals surface area contributed by atoms with Crippen molar-refractivity contribution in [2.45, 2.75) is 50.2 Å². The summed E-state index contributed by atoms with van der Waals surface area (Å²) in [6.45, 7) is 0.482. The number of amides is 3. The highest BCUT2D eigenvalue weighted by Gasteiger charge is 2.29. The van der Waals surface area contributed by atoms with Gasteiger partial charge in [0.25, 0.3) is 0 Å². The highest BCUT2D eigenvalue weighted by Crippen LogP contribution is 2.04. The summed E-state index contributed by atoms with van der Waals surface area (Å²) in [5.41, 5.74) is 16.8. The molecule has 3 unspecified atom stereocenters. The summed E-state index contributed by atoms with van der Waals surface area (Å²) in [5.74, 6) is -3.65. The van der Waals surface area contributed by atoms with Crippen molar-refractivity contribution in [1.82, 2.24) is 20.6 Å². The van der Waals surface area contributed by atoms with Gasteiger partial charge in [-0.3, -0.25) is 14.4 Å². The zero-order chi connectivity index (χ0) is 21.1. The van der Waals surface area contributed by atoms with Gasteiger partial charge in [-0.25, -0.2) is 9.78 Å². The second-order valence-electron chi connectivity index (χ2n) is 6.30. The highest BCUT2D eigenvalue weighted by molar-refractivity contribution is 5.93. The number of nitrogens with zero attached hydrogens (tertiary/aromatic N) is 1. The molecule has 0 aliphatic carbocycles. The number of primary amides is 1. The van der Waals surface area contributed by atoms with E-state index in [1.807, 2.05) is 0 Å². The molecule has 0 aliphatic rings. The first-order chi connectivity index (χ1) is 13.2. The lowest BCUT2D eigenvalue weighted by Crippen LogP contribution is -2.55. The summed E-state index contributed by atoms with van der Waals surface area (Å²) in [5, 5.41) is 13.9. The Morgan fingerprint density at radius 1 is 1.14 bits per heavy atom. The third kappa shape index (κ3) is 8.14. The molecule has 0 saturated heterocycles. The first-order valence-corrected chi connectivity index (χ1v) is 8.79. The molecule has 0 aliphatic heterocycles. The standard InChI is InChI=1S/C16H27N7O5/c17-4-2-1-3-10(18)14(25)22-11(5-9-7-20-8-21-9)15(26)23-12(16(27)28)6-13(19)24/h7-8,10-12H,1-6,17-18H2,(H2,19,24)(H,20,21)(H,22,25)(H,23,26)(H,27,28). The molecule has 0 spiro atoms. The second-order valence-corrected chi connectivity index (χ2v) is 6.30. The Labute approximate surface area is 161 Å². The van der Waals surface area contributed by atoms with Crippen LogP contribution in [0.4, 0.5) is 0 Å². The van der Waals surface area contributed by atoms with E-state index in [0.29, 0.717) is 31.5 Å². The number of H-pyrrole nitrogens is 1. The number of nitrogens with two attached hydrogens (primary N) is 3. The summed E-state index contributed by atoms with van der Waals surface area (Å²) >= 11 is 0. The molecule has 0 radical (unpaired) electrons. The van der Waals surface area contributed by atoms with Gasteiger partial charge < -0.3 is 37.9 Å². The van der Waals surface area contributed by atoms with E-state index in [1.54, 1.807) is 0 Å². The van der Waals surface area contributed by atoms with Crippen LogP contribution in [0.1, 0.15) is 31.4 Å². The van der Waals surface area contributed by atoms with E-state index in [0.717, 1.165) is 0 Å². The molecule has 0 aromatic carbocycles. The fraction of sp³-hybridized carbons (Fsp3) is 0.562. The monoisotopic (exact) mass is 397 g/mol. The quantitative estimate of drug-likeness (QED) is 0.174. The van der Waals surface area contributed by atoms with Crippen LogP contribution in [0.15, 0.2) is 12.5 Å². The average molecular weight is 397 g/mol. The van der Waals surface area contributed by atoms with Gasteiger partial charge in [-0.1, -0.05) is 6.42 Å². The number of carboxylic acid groups (broad SMARTS) is 1. The van der Waals surface area contributed by atoms with E-state index in [4.69, 9.17) is 22.3 Å². The van der Waals surface area contributed by atoms with Gasteiger partial charge in [-0.15, -0.1) is 0 Å². The Hall–Kier alpha value is -2.99. The van der Waals surface area contributed by atoms with Crippen LogP contribution in [0, 0.1) is 0 Å². The van der Waals surface area contributed by atoms with Gasteiger partial charge in [0.05, 0.1) is 18.8 Å². The fourth-order valence-electron chi connectivity index (χ4n) is 2.42. The molecule has 1 aromatic heterocycles. The van der Waals surface area contributed by atoms with Crippen LogP contribution < -0.4 is 27.8 Å². The number of aromatic nitrogens is 2. The van der Waals surface area contributed by atoms with Gasteiger partial charge >= 0.3 is 5.97 Å². The normalized spacial score (nSPS) is 13.9. The van der Waals surface area contributed by atoms with Crippen molar-refractivity contribution in [3.05, 3.63) is 18.2 Å². The van der Waals surface area contributed by atoms with Crippen LogP contribution in [0.5, 0.6) is 0 Å². The lowest BCUT2D eigenvalue weighted by molar-refractivity contribution is -0.143. The molecule has 3 amide bonds. The molecule has 12 nitrogen and oxygen atoms in total. The molecule has 0 bridgehead atoms. The van der Waals surface area contributed by atoms with Crippen LogP contribution in [-0.2, 0) is 25.6 Å². The fourth-order valence-corrected chi connectivity index (χ4v) is 2.42. The molecule has 12 heteroatoms. The van der Waals surface area contributed by atoms with Crippen LogP contribution in [-0.4, -0.2) is 63.4 Å². The maximum Gasteiger partial charge on any atom is 0.326 e. The molecule has 1 rings (SSSR count). The summed E-state index contributed by atoms with van der Waals surface area (Å²) in [4.78, 5) is 53.7. The van der Waals surface area contributed by atoms with Gasteiger partial charge in [0.1, 0.15) is 12.1 Å². The SMILES string of the molecule is NCCCCC(N)C(=O)NC(Cc1cnc[nH]1)C(=O)NC(CC(N)=O)C(=O)O. The minimum absolute atomic E-state index is 0.0238. The van der Waals surface area contributed by atoms with Crippen molar-refractivity contribution >= 4 is 23.7 Å². The Bertz CT molecular complexity index is 664. The largest absolute Gasteiger partial charge is 0.480 e. The average Bonchev–Trinajstić information content (AvgIpc) is 3.13. The molecule has 0 fully saturated rings. The summed E-state index contributed by atoms with van der Waals surface area (Å²) in [7, 11) is 0. The number of carboxylic acids is 1. The number of imidazole rings is 1. The van der Waals surface area contributed by atoms with Crippen LogP contribution in [0.2, 0.25) is 0 Å². The van der Waals surface area contributed by atoms with E-state index in [9.17, 15) is 19.2 Å². The van der Waals surface area contributed by atoms with Crippen molar-refractivity contribution in [3.8, 4) is 0 Å². The summed E-state index contributed by atoms with van der Waals surface area (Å²) in [6, 6.07) is -3.47. The second kappa shape index (κ2) is 11.7. The van der Waals surface area contributed by atoms with Crippen molar-refractivity contribution in [3.63, 3.8) is 0 Å². The van der Waals surface area contributed by atoms with Gasteiger partial charge in [0.2, 0.25) is 17.7 Å². The third-order valence-corrected chi connectivity index (χ3v) is 3.94. The number of nitrogens with one attached hydrogen (secondary N) is 3. The van der Waals surface area contributed by atoms with Crippen molar-refractivity contribution in [2.75, 3.05) is 6.54 Å². The van der Waals surface area contributed by atoms with Crippen molar-refractivity contribution < 1.29 is 24.3 Å². The molecule has 1 heterocycles. The predicted octanol–water partition coefficient (Wildman–Crippen LogP) is -2.66. The number of hydrogen-bond acceptors (Lipinski definition) is 7. The number of carbonyl (C=O) groups excluding carboxylic acids is 3. The number of rotatable bonds is 13. The Morgan fingerprint density at radius 3 is 2.36 bits per heavy atom. The van der Waals surface area contributed by atoms with E-state index in [2.05, 4.69) is 20.6 Å². The van der Waals surface area contributed by atoms with Crippen molar-refractivity contribution in [2.24, 2.45) is 17.2 Å². The van der Waals surface area contributed by atoms with Gasteiger partial charge in [0, 0.05) is 18.3 Å². The Balaban J connectivity index is 2.82. The molecule has 28 heavy (non-hydrogen) atoms. The minimum atomic E-state index is -1.51. The maximum atomic E-state index is 12.6. The molecule has 10 N–H and O–H groups in total. The number of carbonyl (C=O) groups is 4. The molecular weight excluding hydrogens is 370 g/mol. The lowest BCUT2D eigenvalue weighted by atomic mass is 10.1. The van der Waals surface area contributed by atoms with Crippen molar-refractivity contribution in [1.29, 1.82) is 0 Å². The Kier molecular flexibility index (Phi) is 9.60. The number of aliphatic carboxylic acids is 1. The number of aromatic amines is 1. The maximum absolute atomic E-state index is 12.6. The molecule has 156 valence electrons. The molecule has 3 atom stereocenters. The number of hydrogen-bond donors (Lipinski definition) is 7. The van der Waals surface area contributed by atoms with Crippen LogP contribution in [0.3, 0.4) is 0 Å². The van der Waals surface area contributed by atoms with Crippen LogP contribution in [0.25, 0.3) is 0 Å². The topological polar surface area (TPSA) is 219 Å². The van der Waals surface area contributed by atoms with E-state index in [1.165, 1.54) is 12.5 Å². The first kappa shape index (κ1) is 23.0. The smallest absolute Gasteiger partial charge is 0.326 e. The van der Waals surface area contributed by atoms with E-state index >= 15 is 0 Å². The van der Waals surface area contributed by atoms with Gasteiger partial charge in [0.15, 0.2) is 0 Å². The van der Waals surface area contributed by atoms with Crippen LogP contribution >= 0.6 is 0 Å². The third-order valence-electron chi connectivity index (χ3n) is 3.94. The van der Waals surface area contributed by atoms with E-state index < -0.39 is 48.2 Å². The molecular formula is C16H27N7O5. The summed E-state index contributed by atoms with van der Waals surface area (Å²) in [6.07, 6.45) is 4.07. The molecule has 1 aromatic rings. The van der Waals surface area contributed by atoms with Gasteiger partial charge in [-0.05, 0) is 19.4 Å². The zero-order valence-electron chi connectivity index (χ0n) is 15.4. The molecule has 0 saturated carbocycles. The first-order valence-electron chi connectivity index (χ1n) is 8.79.